The minimum Gasteiger partial charge on any atom is -0.379 e. The third kappa shape index (κ3) is 3.53. The van der Waals surface area contributed by atoms with Crippen molar-refractivity contribution < 1.29 is 18.7 Å². The maximum Gasteiger partial charge on any atom is 0.253 e. The summed E-state index contributed by atoms with van der Waals surface area (Å²) in [6, 6.07) is 2.88. The van der Waals surface area contributed by atoms with E-state index in [4.69, 9.17) is 10.5 Å². The number of amides is 1. The van der Waals surface area contributed by atoms with E-state index in [1.165, 1.54) is 6.07 Å². The molecule has 0 radical (unpaired) electrons. The molecule has 1 amide bonds. The molecule has 1 atom stereocenters. The Bertz CT molecular complexity index is 1010. The predicted molar refractivity (Wildman–Crippen MR) is 106 cm³/mol. The first-order chi connectivity index (χ1) is 13.7. The summed E-state index contributed by atoms with van der Waals surface area (Å²) in [5.41, 5.74) is 7.80. The van der Waals surface area contributed by atoms with Crippen LogP contribution in [0, 0.1) is 18.2 Å². The van der Waals surface area contributed by atoms with E-state index in [9.17, 15) is 14.0 Å². The van der Waals surface area contributed by atoms with Crippen LogP contribution in [0.2, 0.25) is 0 Å². The number of aryl methyl sites for hydroxylation is 1. The lowest BCUT2D eigenvalue weighted by Gasteiger charge is -2.29. The number of nitrogens with zero attached hydrogens (tertiary/aromatic N) is 2. The highest BCUT2D eigenvalue weighted by Crippen LogP contribution is 2.37. The summed E-state index contributed by atoms with van der Waals surface area (Å²) in [5, 5.41) is 7.71. The number of anilines is 1. The van der Waals surface area contributed by atoms with Crippen molar-refractivity contribution in [1.29, 1.82) is 0 Å². The van der Waals surface area contributed by atoms with Crippen LogP contribution in [-0.4, -0.2) is 40.7 Å². The summed E-state index contributed by atoms with van der Waals surface area (Å²) in [6.45, 7) is 6.93. The quantitative estimate of drug-likeness (QED) is 0.822. The topological polar surface area (TPSA) is 99.2 Å². The molecule has 8 heteroatoms. The molecule has 4 rings (SSSR count). The van der Waals surface area contributed by atoms with Gasteiger partial charge in [-0.3, -0.25) is 9.59 Å². The summed E-state index contributed by atoms with van der Waals surface area (Å²) >= 11 is 0. The van der Waals surface area contributed by atoms with Gasteiger partial charge in [-0.2, -0.15) is 5.10 Å². The van der Waals surface area contributed by atoms with Gasteiger partial charge in [0.1, 0.15) is 5.82 Å². The second-order valence-electron chi connectivity index (χ2n) is 8.68. The van der Waals surface area contributed by atoms with Gasteiger partial charge in [0, 0.05) is 19.1 Å². The Balaban J connectivity index is 1.84. The van der Waals surface area contributed by atoms with Gasteiger partial charge in [0.2, 0.25) is 0 Å². The maximum atomic E-state index is 14.9. The zero-order chi connectivity index (χ0) is 20.9. The van der Waals surface area contributed by atoms with Crippen LogP contribution in [0.5, 0.6) is 0 Å². The smallest absolute Gasteiger partial charge is 0.253 e. The molecule has 2 aliphatic rings. The number of nitrogens with one attached hydrogen (secondary N) is 1. The average Bonchev–Trinajstić information content (AvgIpc) is 3.20. The minimum absolute atomic E-state index is 0.0310. The number of primary amides is 1. The Morgan fingerprint density at radius 2 is 2.14 bits per heavy atom. The molecule has 1 unspecified atom stereocenters. The van der Waals surface area contributed by atoms with Gasteiger partial charge in [0.15, 0.2) is 5.78 Å². The molecule has 7 nitrogen and oxygen atoms in total. The Morgan fingerprint density at radius 1 is 1.38 bits per heavy atom. The van der Waals surface area contributed by atoms with Crippen molar-refractivity contribution in [3.8, 4) is 5.69 Å². The summed E-state index contributed by atoms with van der Waals surface area (Å²) in [4.78, 5) is 24.5. The number of nitrogens with two attached hydrogens (primary N) is 1. The predicted octanol–water partition coefficient (Wildman–Crippen LogP) is 2.77. The number of carbonyl (C=O) groups excluding carboxylic acids is 2. The molecule has 2 heterocycles. The standard InChI is InChI=1S/C21H25FN4O3/c1-11-18-16(8-21(2,3)9-17(18)27)26(25-11)13-6-14(22)19(20(23)28)15(7-13)24-12-4-5-29-10-12/h6-7,12,24H,4-5,8-10H2,1-3H3,(H2,23,28). The molecule has 0 saturated carbocycles. The Hall–Kier alpha value is -2.74. The fourth-order valence-electron chi connectivity index (χ4n) is 4.30. The SMILES string of the molecule is Cc1nn(-c2cc(F)c(C(N)=O)c(NC3CCOC3)c2)c2c1C(=O)CC(C)(C)C2. The van der Waals surface area contributed by atoms with Crippen molar-refractivity contribution in [3.05, 3.63) is 40.5 Å². The molecule has 29 heavy (non-hydrogen) atoms. The van der Waals surface area contributed by atoms with Crippen LogP contribution in [0.1, 0.15) is 58.8 Å². The lowest BCUT2D eigenvalue weighted by Crippen LogP contribution is -2.28. The second kappa shape index (κ2) is 6.95. The van der Waals surface area contributed by atoms with E-state index in [-0.39, 0.29) is 22.8 Å². The lowest BCUT2D eigenvalue weighted by atomic mass is 9.75. The first-order valence-corrected chi connectivity index (χ1v) is 9.76. The van der Waals surface area contributed by atoms with Crippen LogP contribution in [0.25, 0.3) is 5.69 Å². The molecule has 154 valence electrons. The van der Waals surface area contributed by atoms with Crippen LogP contribution in [0.3, 0.4) is 0 Å². The van der Waals surface area contributed by atoms with Crippen LogP contribution in [0.15, 0.2) is 12.1 Å². The van der Waals surface area contributed by atoms with Gasteiger partial charge in [0.25, 0.3) is 5.91 Å². The Kier molecular flexibility index (Phi) is 4.69. The number of fused-ring (bicyclic) bond motifs is 1. The van der Waals surface area contributed by atoms with Crippen LogP contribution in [0.4, 0.5) is 10.1 Å². The van der Waals surface area contributed by atoms with E-state index in [2.05, 4.69) is 10.4 Å². The summed E-state index contributed by atoms with van der Waals surface area (Å²) in [7, 11) is 0. The zero-order valence-corrected chi connectivity index (χ0v) is 16.8. The first kappa shape index (κ1) is 19.6. The monoisotopic (exact) mass is 400 g/mol. The van der Waals surface area contributed by atoms with Crippen molar-refractivity contribution in [2.75, 3.05) is 18.5 Å². The molecule has 3 N–H and O–H groups in total. The highest BCUT2D eigenvalue weighted by atomic mass is 19.1. The van der Waals surface area contributed by atoms with E-state index < -0.39 is 11.7 Å². The van der Waals surface area contributed by atoms with Gasteiger partial charge >= 0.3 is 0 Å². The van der Waals surface area contributed by atoms with Gasteiger partial charge in [-0.25, -0.2) is 9.07 Å². The molecule has 1 fully saturated rings. The molecular weight excluding hydrogens is 375 g/mol. The normalized spacial score (nSPS) is 20.6. The third-order valence-electron chi connectivity index (χ3n) is 5.58. The molecule has 1 aliphatic heterocycles. The van der Waals surface area contributed by atoms with Gasteiger partial charge < -0.3 is 15.8 Å². The highest BCUT2D eigenvalue weighted by Gasteiger charge is 2.36. The maximum absolute atomic E-state index is 14.9. The van der Waals surface area contributed by atoms with E-state index in [0.29, 0.717) is 48.7 Å². The molecule has 1 aromatic heterocycles. The molecule has 1 aromatic carbocycles. The van der Waals surface area contributed by atoms with Gasteiger partial charge in [-0.15, -0.1) is 0 Å². The summed E-state index contributed by atoms with van der Waals surface area (Å²) in [6.07, 6.45) is 1.85. The number of ketones is 1. The number of benzene rings is 1. The molecular formula is C21H25FN4O3. The number of aromatic nitrogens is 2. The number of hydrogen-bond acceptors (Lipinski definition) is 5. The van der Waals surface area contributed by atoms with Gasteiger partial charge in [0.05, 0.1) is 46.5 Å². The van der Waals surface area contributed by atoms with E-state index in [0.717, 1.165) is 12.1 Å². The number of hydrogen-bond donors (Lipinski definition) is 2. The molecule has 1 saturated heterocycles. The third-order valence-corrected chi connectivity index (χ3v) is 5.58. The molecule has 0 bridgehead atoms. The number of halogens is 1. The van der Waals surface area contributed by atoms with Gasteiger partial charge in [-0.05, 0) is 31.2 Å². The largest absolute Gasteiger partial charge is 0.379 e. The van der Waals surface area contributed by atoms with E-state index >= 15 is 0 Å². The Morgan fingerprint density at radius 3 is 2.79 bits per heavy atom. The first-order valence-electron chi connectivity index (χ1n) is 9.76. The fourth-order valence-corrected chi connectivity index (χ4v) is 4.30. The summed E-state index contributed by atoms with van der Waals surface area (Å²) < 4.78 is 21.9. The molecule has 1 aliphatic carbocycles. The van der Waals surface area contributed by atoms with Crippen LogP contribution < -0.4 is 11.1 Å². The van der Waals surface area contributed by atoms with Crippen molar-refractivity contribution in [1.82, 2.24) is 9.78 Å². The van der Waals surface area contributed by atoms with Crippen molar-refractivity contribution in [2.45, 2.75) is 46.1 Å². The number of carbonyl (C=O) groups is 2. The van der Waals surface area contributed by atoms with Crippen LogP contribution >= 0.6 is 0 Å². The van der Waals surface area contributed by atoms with Crippen LogP contribution in [-0.2, 0) is 11.2 Å². The lowest BCUT2D eigenvalue weighted by molar-refractivity contribution is 0.0909. The van der Waals surface area contributed by atoms with Gasteiger partial charge in [-0.1, -0.05) is 13.8 Å². The summed E-state index contributed by atoms with van der Waals surface area (Å²) in [5.74, 6) is -1.51. The van der Waals surface area contributed by atoms with E-state index in [1.54, 1.807) is 17.7 Å². The number of Topliss-reactive ketones (excluding diaryl/α,β-unsaturated/α-hetero) is 1. The number of rotatable bonds is 4. The average molecular weight is 400 g/mol. The van der Waals surface area contributed by atoms with Crippen molar-refractivity contribution in [3.63, 3.8) is 0 Å². The Labute approximate surface area is 168 Å². The van der Waals surface area contributed by atoms with Crippen molar-refractivity contribution in [2.24, 2.45) is 11.1 Å². The fraction of sp³-hybridized carbons (Fsp3) is 0.476. The highest BCUT2D eigenvalue weighted by molar-refractivity contribution is 6.00. The van der Waals surface area contributed by atoms with Crippen molar-refractivity contribution >= 4 is 17.4 Å². The zero-order valence-electron chi connectivity index (χ0n) is 16.8. The molecule has 0 spiro atoms. The molecule has 2 aromatic rings. The minimum atomic E-state index is -0.842. The second-order valence-corrected chi connectivity index (χ2v) is 8.68. The van der Waals surface area contributed by atoms with E-state index in [1.807, 2.05) is 13.8 Å². The number of ether oxygens (including phenoxy) is 1.